The summed E-state index contributed by atoms with van der Waals surface area (Å²) < 4.78 is 6.05. The first-order valence-corrected chi connectivity index (χ1v) is 10.6. The molecule has 2 fully saturated rings. The summed E-state index contributed by atoms with van der Waals surface area (Å²) in [6, 6.07) is 9.37. The van der Waals surface area contributed by atoms with Gasteiger partial charge < -0.3 is 9.84 Å². The molecule has 4 atom stereocenters. The van der Waals surface area contributed by atoms with Gasteiger partial charge in [0.25, 0.3) is 0 Å². The van der Waals surface area contributed by atoms with Gasteiger partial charge in [0.15, 0.2) is 5.78 Å². The van der Waals surface area contributed by atoms with E-state index in [9.17, 15) is 9.90 Å². The predicted molar refractivity (Wildman–Crippen MR) is 108 cm³/mol. The van der Waals surface area contributed by atoms with Gasteiger partial charge in [-0.05, 0) is 66.8 Å². The van der Waals surface area contributed by atoms with Crippen molar-refractivity contribution in [1.82, 2.24) is 4.90 Å². The number of fused-ring (bicyclic) bond motifs is 1. The number of hydrogen-bond donors (Lipinski definition) is 1. The Labute approximate surface area is 168 Å². The van der Waals surface area contributed by atoms with Crippen LogP contribution in [0.1, 0.15) is 35.0 Å². The van der Waals surface area contributed by atoms with Crippen LogP contribution in [0.15, 0.2) is 35.7 Å². The molecule has 1 saturated carbocycles. The molecule has 1 aliphatic heterocycles. The third kappa shape index (κ3) is 4.37. The highest BCUT2D eigenvalue weighted by Crippen LogP contribution is 2.38. The van der Waals surface area contributed by atoms with Crippen LogP contribution in [0.4, 0.5) is 0 Å². The second kappa shape index (κ2) is 7.92. The van der Waals surface area contributed by atoms with E-state index in [0.29, 0.717) is 16.9 Å². The number of aliphatic hydroxyl groups excluding tert-OH is 1. The molecule has 2 heterocycles. The van der Waals surface area contributed by atoms with Crippen LogP contribution in [-0.2, 0) is 6.54 Å². The normalized spacial score (nSPS) is 28.1. The zero-order chi connectivity index (χ0) is 19.0. The van der Waals surface area contributed by atoms with E-state index in [1.54, 1.807) is 13.0 Å². The zero-order valence-corrected chi connectivity index (χ0v) is 16.9. The standard InChI is InChI=1S/C21H24ClNO3S/c1-13(24)21-5-14(12-27-21)9-23-10-15-6-19(25)20(7-16(15)11-23)26-18-4-2-3-17(22)8-18/h2-5,8,12,15-16,19-20,25H,6-7,9-11H2,1H3/t15-,16+,19+,20+/m0/s1. The van der Waals surface area contributed by atoms with Gasteiger partial charge in [0.1, 0.15) is 11.9 Å². The lowest BCUT2D eigenvalue weighted by Crippen LogP contribution is -2.42. The number of Topliss-reactive ketones (excluding diaryl/α,β-unsaturated/α-hetero) is 1. The lowest BCUT2D eigenvalue weighted by molar-refractivity contribution is -0.0231. The Morgan fingerprint density at radius 1 is 1.30 bits per heavy atom. The Morgan fingerprint density at radius 2 is 2.07 bits per heavy atom. The summed E-state index contributed by atoms with van der Waals surface area (Å²) in [6.45, 7) is 4.49. The average Bonchev–Trinajstić information content (AvgIpc) is 3.22. The van der Waals surface area contributed by atoms with Crippen molar-refractivity contribution in [2.45, 2.75) is 38.5 Å². The number of carbonyl (C=O) groups excluding carboxylic acids is 1. The Balaban J connectivity index is 1.37. The molecule has 27 heavy (non-hydrogen) atoms. The van der Waals surface area contributed by atoms with Crippen molar-refractivity contribution in [2.24, 2.45) is 11.8 Å². The molecule has 0 radical (unpaired) electrons. The number of halogens is 1. The number of rotatable bonds is 5. The van der Waals surface area contributed by atoms with Crippen molar-refractivity contribution >= 4 is 28.7 Å². The summed E-state index contributed by atoms with van der Waals surface area (Å²) in [5.74, 6) is 1.88. The van der Waals surface area contributed by atoms with Crippen LogP contribution in [0.25, 0.3) is 0 Å². The lowest BCUT2D eigenvalue weighted by Gasteiger charge is -2.35. The van der Waals surface area contributed by atoms with Crippen molar-refractivity contribution in [1.29, 1.82) is 0 Å². The molecule has 0 spiro atoms. The zero-order valence-electron chi connectivity index (χ0n) is 15.3. The van der Waals surface area contributed by atoms with E-state index < -0.39 is 6.10 Å². The maximum Gasteiger partial charge on any atom is 0.169 e. The summed E-state index contributed by atoms with van der Waals surface area (Å²) in [4.78, 5) is 14.8. The molecule has 4 nitrogen and oxygen atoms in total. The van der Waals surface area contributed by atoms with Gasteiger partial charge in [0, 0.05) is 24.7 Å². The van der Waals surface area contributed by atoms with Gasteiger partial charge in [-0.15, -0.1) is 11.3 Å². The fourth-order valence-electron chi connectivity index (χ4n) is 4.36. The smallest absolute Gasteiger partial charge is 0.169 e. The second-order valence-corrected chi connectivity index (χ2v) is 9.09. The summed E-state index contributed by atoms with van der Waals surface area (Å²) in [5.41, 5.74) is 1.20. The lowest BCUT2D eigenvalue weighted by atomic mass is 9.78. The first kappa shape index (κ1) is 18.9. The van der Waals surface area contributed by atoms with Crippen LogP contribution in [0.2, 0.25) is 5.02 Å². The molecule has 6 heteroatoms. The third-order valence-corrected chi connectivity index (χ3v) is 6.97. The van der Waals surface area contributed by atoms with Crippen molar-refractivity contribution in [3.05, 3.63) is 51.2 Å². The van der Waals surface area contributed by atoms with Gasteiger partial charge in [0.2, 0.25) is 0 Å². The van der Waals surface area contributed by atoms with Gasteiger partial charge in [-0.2, -0.15) is 0 Å². The Kier molecular flexibility index (Phi) is 5.55. The first-order valence-electron chi connectivity index (χ1n) is 9.39. The van der Waals surface area contributed by atoms with Crippen LogP contribution < -0.4 is 4.74 Å². The van der Waals surface area contributed by atoms with Gasteiger partial charge >= 0.3 is 0 Å². The number of ketones is 1. The van der Waals surface area contributed by atoms with Gasteiger partial charge in [0.05, 0.1) is 11.0 Å². The number of likely N-dealkylation sites (tertiary alicyclic amines) is 1. The number of benzene rings is 1. The minimum Gasteiger partial charge on any atom is -0.488 e. The SMILES string of the molecule is CC(=O)c1cc(CN2C[C@H]3C[C@@H](Oc4cccc(Cl)c4)[C@H](O)C[C@H]3C2)cs1. The molecule has 0 amide bonds. The molecule has 1 saturated heterocycles. The summed E-state index contributed by atoms with van der Waals surface area (Å²) in [6.07, 6.45) is 0.997. The fraction of sp³-hybridized carbons (Fsp3) is 0.476. The number of thiophene rings is 1. The summed E-state index contributed by atoms with van der Waals surface area (Å²) >= 11 is 7.56. The molecule has 1 aromatic heterocycles. The molecule has 4 rings (SSSR count). The molecule has 1 N–H and O–H groups in total. The van der Waals surface area contributed by atoms with Crippen molar-refractivity contribution < 1.29 is 14.6 Å². The predicted octanol–water partition coefficient (Wildman–Crippen LogP) is 4.25. The average molecular weight is 406 g/mol. The quantitative estimate of drug-likeness (QED) is 0.755. The topological polar surface area (TPSA) is 49.8 Å². The molecule has 1 aromatic carbocycles. The van der Waals surface area contributed by atoms with Gasteiger partial charge in [-0.25, -0.2) is 0 Å². The van der Waals surface area contributed by atoms with E-state index in [4.69, 9.17) is 16.3 Å². The van der Waals surface area contributed by atoms with E-state index in [1.165, 1.54) is 16.9 Å². The molecule has 0 unspecified atom stereocenters. The molecule has 144 valence electrons. The van der Waals surface area contributed by atoms with Crippen LogP contribution >= 0.6 is 22.9 Å². The van der Waals surface area contributed by atoms with Crippen LogP contribution in [0.5, 0.6) is 5.75 Å². The first-order chi connectivity index (χ1) is 13.0. The molecule has 2 aliphatic rings. The highest BCUT2D eigenvalue weighted by molar-refractivity contribution is 7.12. The number of hydrogen-bond acceptors (Lipinski definition) is 5. The van der Waals surface area contributed by atoms with Crippen LogP contribution in [-0.4, -0.2) is 41.1 Å². The van der Waals surface area contributed by atoms with Crippen LogP contribution in [0, 0.1) is 11.8 Å². The molecule has 0 bridgehead atoms. The molecular formula is C21H24ClNO3S. The van der Waals surface area contributed by atoms with Crippen LogP contribution in [0.3, 0.4) is 0 Å². The fourth-order valence-corrected chi connectivity index (χ4v) is 5.35. The molecule has 1 aliphatic carbocycles. The maximum atomic E-state index is 11.5. The van der Waals surface area contributed by atoms with E-state index in [2.05, 4.69) is 10.3 Å². The summed E-state index contributed by atoms with van der Waals surface area (Å²) in [7, 11) is 0. The van der Waals surface area contributed by atoms with E-state index >= 15 is 0 Å². The van der Waals surface area contributed by atoms with E-state index in [0.717, 1.165) is 43.1 Å². The van der Waals surface area contributed by atoms with E-state index in [1.807, 2.05) is 24.3 Å². The van der Waals surface area contributed by atoms with Gasteiger partial charge in [-0.1, -0.05) is 17.7 Å². The Bertz CT molecular complexity index is 823. The molecular weight excluding hydrogens is 382 g/mol. The second-order valence-electron chi connectivity index (χ2n) is 7.74. The number of carbonyl (C=O) groups is 1. The van der Waals surface area contributed by atoms with Gasteiger partial charge in [-0.3, -0.25) is 9.69 Å². The highest BCUT2D eigenvalue weighted by Gasteiger charge is 2.42. The van der Waals surface area contributed by atoms with Crippen molar-refractivity contribution in [2.75, 3.05) is 13.1 Å². The minimum atomic E-state index is -0.448. The Morgan fingerprint density at radius 3 is 2.78 bits per heavy atom. The number of nitrogens with zero attached hydrogens (tertiary/aromatic N) is 1. The van der Waals surface area contributed by atoms with Crippen molar-refractivity contribution in [3.63, 3.8) is 0 Å². The minimum absolute atomic E-state index is 0.130. The number of ether oxygens (including phenoxy) is 1. The summed E-state index contributed by atoms with van der Waals surface area (Å²) in [5, 5.41) is 13.3. The highest BCUT2D eigenvalue weighted by atomic mass is 35.5. The molecule has 2 aromatic rings. The largest absolute Gasteiger partial charge is 0.488 e. The number of aliphatic hydroxyl groups is 1. The third-order valence-electron chi connectivity index (χ3n) is 5.65. The Hall–Kier alpha value is -1.40. The monoisotopic (exact) mass is 405 g/mol. The van der Waals surface area contributed by atoms with Crippen molar-refractivity contribution in [3.8, 4) is 5.75 Å². The van der Waals surface area contributed by atoms with E-state index in [-0.39, 0.29) is 11.9 Å². The maximum absolute atomic E-state index is 11.5.